The number of aryl methyl sites for hydroxylation is 1. The van der Waals surface area contributed by atoms with Crippen molar-refractivity contribution in [2.75, 3.05) is 7.11 Å². The van der Waals surface area contributed by atoms with Crippen LogP contribution in [0.2, 0.25) is 0 Å². The summed E-state index contributed by atoms with van der Waals surface area (Å²) in [5.74, 6) is 2.08. The maximum Gasteiger partial charge on any atom is 0.131 e. The number of nitrogens with zero attached hydrogens (tertiary/aromatic N) is 1. The third kappa shape index (κ3) is 2.75. The summed E-state index contributed by atoms with van der Waals surface area (Å²) in [7, 11) is 1.70. The molecule has 0 saturated heterocycles. The number of aromatic amines is 1. The van der Waals surface area contributed by atoms with Gasteiger partial charge in [0.1, 0.15) is 16.2 Å². The van der Waals surface area contributed by atoms with Crippen molar-refractivity contribution in [3.05, 3.63) is 39.8 Å². The van der Waals surface area contributed by atoms with Crippen LogP contribution in [0.25, 0.3) is 11.3 Å². The predicted octanol–water partition coefficient (Wildman–Crippen LogP) is 4.56. The van der Waals surface area contributed by atoms with Crippen LogP contribution in [-0.4, -0.2) is 17.1 Å². The van der Waals surface area contributed by atoms with Crippen molar-refractivity contribution in [2.24, 2.45) is 0 Å². The van der Waals surface area contributed by atoms with Gasteiger partial charge in [0.15, 0.2) is 0 Å². The number of hydrogen-bond acceptors (Lipinski definition) is 3. The van der Waals surface area contributed by atoms with E-state index in [2.05, 4.69) is 49.8 Å². The van der Waals surface area contributed by atoms with E-state index in [1.807, 2.05) is 6.07 Å². The van der Waals surface area contributed by atoms with E-state index in [0.717, 1.165) is 28.4 Å². The summed E-state index contributed by atoms with van der Waals surface area (Å²) in [5, 5.41) is 0. The zero-order valence-electron chi connectivity index (χ0n) is 12.6. The molecule has 0 radical (unpaired) electrons. The molecule has 1 aromatic carbocycles. The Labute approximate surface area is 125 Å². The monoisotopic (exact) mass is 288 g/mol. The van der Waals surface area contributed by atoms with Crippen LogP contribution in [0.4, 0.5) is 0 Å². The van der Waals surface area contributed by atoms with Crippen molar-refractivity contribution in [2.45, 2.75) is 33.6 Å². The van der Waals surface area contributed by atoms with Gasteiger partial charge in [0.2, 0.25) is 0 Å². The van der Waals surface area contributed by atoms with Gasteiger partial charge in [0.25, 0.3) is 0 Å². The average Bonchev–Trinajstić information content (AvgIpc) is 2.40. The molecule has 4 heteroatoms. The van der Waals surface area contributed by atoms with Gasteiger partial charge in [-0.1, -0.05) is 32.1 Å². The summed E-state index contributed by atoms with van der Waals surface area (Å²) in [4.78, 5) is 7.74. The van der Waals surface area contributed by atoms with E-state index in [1.54, 1.807) is 7.11 Å². The van der Waals surface area contributed by atoms with Gasteiger partial charge in [0, 0.05) is 11.5 Å². The van der Waals surface area contributed by atoms with E-state index >= 15 is 0 Å². The molecule has 106 valence electrons. The number of benzene rings is 1. The summed E-state index contributed by atoms with van der Waals surface area (Å²) in [5.41, 5.74) is 4.33. The number of nitrogens with one attached hydrogen (secondary N) is 1. The van der Waals surface area contributed by atoms with E-state index in [9.17, 15) is 0 Å². The first-order valence-electron chi connectivity index (χ1n) is 6.70. The molecule has 0 saturated carbocycles. The van der Waals surface area contributed by atoms with E-state index in [0.29, 0.717) is 10.6 Å². The minimum Gasteiger partial charge on any atom is -0.496 e. The van der Waals surface area contributed by atoms with Gasteiger partial charge in [-0.15, -0.1) is 0 Å². The van der Waals surface area contributed by atoms with E-state index < -0.39 is 0 Å². The Kier molecular flexibility index (Phi) is 4.23. The molecule has 0 aliphatic rings. The Hall–Kier alpha value is -1.68. The Morgan fingerprint density at radius 3 is 2.55 bits per heavy atom. The minimum atomic E-state index is 0.300. The summed E-state index contributed by atoms with van der Waals surface area (Å²) in [6.07, 6.45) is 0. The predicted molar refractivity (Wildman–Crippen MR) is 85.0 cm³/mol. The van der Waals surface area contributed by atoms with Crippen molar-refractivity contribution >= 4 is 12.2 Å². The van der Waals surface area contributed by atoms with Crippen molar-refractivity contribution in [3.8, 4) is 17.0 Å². The normalized spacial score (nSPS) is 10.9. The highest BCUT2D eigenvalue weighted by molar-refractivity contribution is 7.71. The maximum absolute atomic E-state index is 5.58. The number of aromatic nitrogens is 2. The Balaban J connectivity index is 2.68. The highest BCUT2D eigenvalue weighted by Gasteiger charge is 2.12. The molecule has 0 aliphatic heterocycles. The van der Waals surface area contributed by atoms with Gasteiger partial charge in [0.05, 0.1) is 12.8 Å². The Morgan fingerprint density at radius 1 is 1.25 bits per heavy atom. The zero-order valence-corrected chi connectivity index (χ0v) is 13.4. The molecule has 1 aromatic heterocycles. The Morgan fingerprint density at radius 2 is 1.95 bits per heavy atom. The van der Waals surface area contributed by atoms with Gasteiger partial charge in [-0.3, -0.25) is 0 Å². The first kappa shape index (κ1) is 14.7. The zero-order chi connectivity index (χ0) is 14.9. The molecular formula is C16H20N2OS. The van der Waals surface area contributed by atoms with Crippen molar-refractivity contribution in [1.29, 1.82) is 0 Å². The molecule has 20 heavy (non-hydrogen) atoms. The summed E-state index contributed by atoms with van der Waals surface area (Å²) >= 11 is 5.27. The third-order valence-corrected chi connectivity index (χ3v) is 3.69. The standard InChI is InChI=1S/C16H20N2OS/c1-9(2)16-17-13(8-14(20)18-16)12-7-6-10(3)11(4)15(12)19-5/h6-9H,1-5H3,(H,17,18,20). The topological polar surface area (TPSA) is 37.9 Å². The number of ether oxygens (including phenoxy) is 1. The van der Waals surface area contributed by atoms with Crippen LogP contribution in [-0.2, 0) is 0 Å². The highest BCUT2D eigenvalue weighted by Crippen LogP contribution is 2.33. The Bertz CT molecular complexity index is 689. The van der Waals surface area contributed by atoms with Gasteiger partial charge < -0.3 is 9.72 Å². The van der Waals surface area contributed by atoms with Gasteiger partial charge in [-0.2, -0.15) is 0 Å². The molecule has 1 heterocycles. The first-order chi connectivity index (χ1) is 9.43. The molecule has 0 fully saturated rings. The fraction of sp³-hybridized carbons (Fsp3) is 0.375. The average molecular weight is 288 g/mol. The lowest BCUT2D eigenvalue weighted by atomic mass is 10.0. The fourth-order valence-electron chi connectivity index (χ4n) is 2.16. The van der Waals surface area contributed by atoms with Crippen LogP contribution in [0, 0.1) is 18.5 Å². The highest BCUT2D eigenvalue weighted by atomic mass is 32.1. The van der Waals surface area contributed by atoms with Gasteiger partial charge in [-0.05, 0) is 37.1 Å². The van der Waals surface area contributed by atoms with Gasteiger partial charge >= 0.3 is 0 Å². The van der Waals surface area contributed by atoms with Gasteiger partial charge in [-0.25, -0.2) is 4.98 Å². The maximum atomic E-state index is 5.58. The molecule has 0 atom stereocenters. The van der Waals surface area contributed by atoms with E-state index in [1.165, 1.54) is 5.56 Å². The molecule has 0 amide bonds. The SMILES string of the molecule is COc1c(-c2cc(=S)nc(C(C)C)[nH]2)ccc(C)c1C. The second kappa shape index (κ2) is 5.75. The molecule has 0 unspecified atom stereocenters. The first-order valence-corrected chi connectivity index (χ1v) is 7.10. The van der Waals surface area contributed by atoms with E-state index in [4.69, 9.17) is 17.0 Å². The van der Waals surface area contributed by atoms with Crippen LogP contribution in [0.1, 0.15) is 36.7 Å². The lowest BCUT2D eigenvalue weighted by Gasteiger charge is -2.15. The lowest BCUT2D eigenvalue weighted by Crippen LogP contribution is -2.01. The molecule has 0 spiro atoms. The molecule has 1 N–H and O–H groups in total. The van der Waals surface area contributed by atoms with Crippen molar-refractivity contribution in [1.82, 2.24) is 9.97 Å². The third-order valence-electron chi connectivity index (χ3n) is 3.48. The molecule has 3 nitrogen and oxygen atoms in total. The van der Waals surface area contributed by atoms with E-state index in [-0.39, 0.29) is 0 Å². The minimum absolute atomic E-state index is 0.300. The number of methoxy groups -OCH3 is 1. The quantitative estimate of drug-likeness (QED) is 0.842. The van der Waals surface area contributed by atoms with Crippen LogP contribution < -0.4 is 4.74 Å². The molecule has 0 bridgehead atoms. The van der Waals surface area contributed by atoms with Crippen molar-refractivity contribution < 1.29 is 4.74 Å². The second-order valence-corrected chi connectivity index (χ2v) is 5.68. The van der Waals surface area contributed by atoms with Crippen molar-refractivity contribution in [3.63, 3.8) is 0 Å². The number of H-pyrrole nitrogens is 1. The largest absolute Gasteiger partial charge is 0.496 e. The molecule has 2 aromatic rings. The summed E-state index contributed by atoms with van der Waals surface area (Å²) in [6, 6.07) is 6.04. The fourth-order valence-corrected chi connectivity index (χ4v) is 2.38. The van der Waals surface area contributed by atoms with Crippen LogP contribution in [0.5, 0.6) is 5.75 Å². The van der Waals surface area contributed by atoms with Crippen LogP contribution >= 0.6 is 12.2 Å². The van der Waals surface area contributed by atoms with Crippen LogP contribution in [0.15, 0.2) is 18.2 Å². The molecule has 0 aliphatic carbocycles. The van der Waals surface area contributed by atoms with Crippen LogP contribution in [0.3, 0.4) is 0 Å². The lowest BCUT2D eigenvalue weighted by molar-refractivity contribution is 0.413. The second-order valence-electron chi connectivity index (χ2n) is 5.26. The molecular weight excluding hydrogens is 268 g/mol. The summed E-state index contributed by atoms with van der Waals surface area (Å²) < 4.78 is 6.18. The molecule has 2 rings (SSSR count). The number of hydrogen-bond donors (Lipinski definition) is 1. The smallest absolute Gasteiger partial charge is 0.131 e. The number of rotatable bonds is 3. The summed E-state index contributed by atoms with van der Waals surface area (Å²) in [6.45, 7) is 8.33.